The maximum Gasteiger partial charge on any atom is 0.251 e. The number of rotatable bonds is 11. The van der Waals surface area contributed by atoms with Gasteiger partial charge in [0, 0.05) is 42.3 Å². The predicted molar refractivity (Wildman–Crippen MR) is 133 cm³/mol. The lowest BCUT2D eigenvalue weighted by Gasteiger charge is -2.41. The summed E-state index contributed by atoms with van der Waals surface area (Å²) in [5, 5.41) is 4.23. The summed E-state index contributed by atoms with van der Waals surface area (Å²) in [5.41, 5.74) is 4.62. The molecule has 0 radical (unpaired) electrons. The zero-order valence-corrected chi connectivity index (χ0v) is 20.2. The highest BCUT2D eigenvalue weighted by Crippen LogP contribution is 2.42. The predicted octanol–water partition coefficient (Wildman–Crippen LogP) is 5.22. The molecule has 2 aromatic rings. The van der Waals surface area contributed by atoms with Crippen LogP contribution < -0.4 is 5.32 Å². The molecular weight excluding hydrogens is 441 g/mol. The van der Waals surface area contributed by atoms with Gasteiger partial charge in [0.25, 0.3) is 6.43 Å². The minimum absolute atomic E-state index is 0.0683. The SMILES string of the molecule is C=C(/C(C)=C\C(=N/C)OCCNCCCF)[C@@H]1c2[nH]c3ccccc3c2C[C@@H](C)N1CC(F)F. The summed E-state index contributed by atoms with van der Waals surface area (Å²) >= 11 is 0. The molecule has 8 heteroatoms. The van der Waals surface area contributed by atoms with Gasteiger partial charge in [-0.1, -0.05) is 24.8 Å². The molecule has 34 heavy (non-hydrogen) atoms. The molecule has 5 nitrogen and oxygen atoms in total. The molecule has 0 spiro atoms. The molecule has 0 amide bonds. The molecule has 0 fully saturated rings. The zero-order valence-electron chi connectivity index (χ0n) is 20.2. The van der Waals surface area contributed by atoms with E-state index < -0.39 is 12.5 Å². The summed E-state index contributed by atoms with van der Waals surface area (Å²) in [6, 6.07) is 7.57. The Bertz CT molecular complexity index is 1030. The molecule has 0 unspecified atom stereocenters. The Morgan fingerprint density at radius 3 is 2.82 bits per heavy atom. The third kappa shape index (κ3) is 6.10. The third-order valence-corrected chi connectivity index (χ3v) is 6.28. The molecule has 1 aliphatic rings. The van der Waals surface area contributed by atoms with Crippen LogP contribution in [0.1, 0.15) is 37.6 Å². The lowest BCUT2D eigenvalue weighted by molar-refractivity contribution is 0.0452. The average molecular weight is 477 g/mol. The fraction of sp³-hybridized carbons (Fsp3) is 0.500. The van der Waals surface area contributed by atoms with Gasteiger partial charge in [-0.3, -0.25) is 14.3 Å². The monoisotopic (exact) mass is 476 g/mol. The van der Waals surface area contributed by atoms with E-state index in [9.17, 15) is 13.2 Å². The lowest BCUT2D eigenvalue weighted by atomic mass is 9.86. The van der Waals surface area contributed by atoms with E-state index >= 15 is 0 Å². The van der Waals surface area contributed by atoms with Gasteiger partial charge in [0.15, 0.2) is 0 Å². The Morgan fingerprint density at radius 1 is 1.35 bits per heavy atom. The van der Waals surface area contributed by atoms with Gasteiger partial charge in [0.05, 0.1) is 19.3 Å². The van der Waals surface area contributed by atoms with Crippen LogP contribution in [0, 0.1) is 0 Å². The summed E-state index contributed by atoms with van der Waals surface area (Å²) in [7, 11) is 1.64. The highest BCUT2D eigenvalue weighted by molar-refractivity contribution is 5.89. The number of hydrogen-bond acceptors (Lipinski definition) is 4. The average Bonchev–Trinajstić information content (AvgIpc) is 3.18. The van der Waals surface area contributed by atoms with Crippen LogP contribution in [0.25, 0.3) is 10.9 Å². The molecule has 2 N–H and O–H groups in total. The fourth-order valence-electron chi connectivity index (χ4n) is 4.54. The number of aromatic amines is 1. The number of nitrogens with one attached hydrogen (secondary N) is 2. The van der Waals surface area contributed by atoms with Crippen LogP contribution in [0.5, 0.6) is 0 Å². The summed E-state index contributed by atoms with van der Waals surface area (Å²) in [4.78, 5) is 9.51. The van der Waals surface area contributed by atoms with Gasteiger partial charge < -0.3 is 15.0 Å². The Morgan fingerprint density at radius 2 is 2.12 bits per heavy atom. The molecule has 1 aliphatic heterocycles. The fourth-order valence-corrected chi connectivity index (χ4v) is 4.54. The van der Waals surface area contributed by atoms with Gasteiger partial charge in [0.1, 0.15) is 6.61 Å². The minimum atomic E-state index is -2.45. The molecule has 186 valence electrons. The normalized spacial score (nSPS) is 19.6. The summed E-state index contributed by atoms with van der Waals surface area (Å²) in [6.45, 7) is 9.10. The molecular formula is C26H35F3N4O. The van der Waals surface area contributed by atoms with Gasteiger partial charge in [-0.2, -0.15) is 0 Å². The van der Waals surface area contributed by atoms with E-state index in [1.165, 1.54) is 0 Å². The van der Waals surface area contributed by atoms with E-state index in [2.05, 4.69) is 27.9 Å². The van der Waals surface area contributed by atoms with Crippen molar-refractivity contribution >= 4 is 16.8 Å². The van der Waals surface area contributed by atoms with E-state index in [4.69, 9.17) is 4.74 Å². The molecule has 0 saturated heterocycles. The Balaban J connectivity index is 1.84. The summed E-state index contributed by atoms with van der Waals surface area (Å²) in [6.07, 6.45) is 0.511. The molecule has 0 bridgehead atoms. The molecule has 1 aromatic carbocycles. The van der Waals surface area contributed by atoms with E-state index in [1.807, 2.05) is 36.9 Å². The molecule has 1 aromatic heterocycles. The van der Waals surface area contributed by atoms with E-state index in [-0.39, 0.29) is 19.3 Å². The minimum Gasteiger partial charge on any atom is -0.477 e. The molecule has 0 saturated carbocycles. The first-order valence-corrected chi connectivity index (χ1v) is 11.7. The Kier molecular flexibility index (Phi) is 9.36. The smallest absolute Gasteiger partial charge is 0.251 e. The van der Waals surface area contributed by atoms with Gasteiger partial charge in [-0.05, 0) is 56.0 Å². The number of hydrogen-bond donors (Lipinski definition) is 2. The van der Waals surface area contributed by atoms with E-state index in [0.29, 0.717) is 38.4 Å². The van der Waals surface area contributed by atoms with Gasteiger partial charge in [-0.15, -0.1) is 0 Å². The van der Waals surface area contributed by atoms with Crippen LogP contribution in [0.15, 0.2) is 53.1 Å². The lowest BCUT2D eigenvalue weighted by Crippen LogP contribution is -2.45. The number of aliphatic imine (C=N–C) groups is 1. The zero-order chi connectivity index (χ0) is 24.7. The second-order valence-corrected chi connectivity index (χ2v) is 8.66. The van der Waals surface area contributed by atoms with Crippen LogP contribution >= 0.6 is 0 Å². The van der Waals surface area contributed by atoms with Gasteiger partial charge >= 0.3 is 0 Å². The molecule has 2 atom stereocenters. The third-order valence-electron chi connectivity index (χ3n) is 6.28. The molecule has 3 rings (SSSR count). The summed E-state index contributed by atoms with van der Waals surface area (Å²) < 4.78 is 45.1. The van der Waals surface area contributed by atoms with Crippen molar-refractivity contribution in [3.8, 4) is 0 Å². The largest absolute Gasteiger partial charge is 0.477 e. The standard InChI is InChI=1S/C26H35F3N4O/c1-17(14-24(30-4)34-13-12-31-11-7-10-27)19(3)26-25-21(15-18(2)33(26)16-23(28)29)20-8-5-6-9-22(20)32-25/h5-6,8-9,14,18,23,26,31-32H,3,7,10-13,15-16H2,1-2,4H3/b17-14-,30-24+/t18-,26-/m1/s1. The highest BCUT2D eigenvalue weighted by Gasteiger charge is 2.37. The van der Waals surface area contributed by atoms with Gasteiger partial charge in [-0.25, -0.2) is 8.78 Å². The van der Waals surface area contributed by atoms with E-state index in [0.717, 1.165) is 33.3 Å². The second kappa shape index (κ2) is 12.2. The number of fused-ring (bicyclic) bond motifs is 3. The van der Waals surface area contributed by atoms with Crippen LogP contribution in [0.4, 0.5) is 13.2 Å². The van der Waals surface area contributed by atoms with Crippen molar-refractivity contribution in [2.24, 2.45) is 4.99 Å². The first-order chi connectivity index (χ1) is 16.4. The maximum absolute atomic E-state index is 13.6. The van der Waals surface area contributed by atoms with Crippen molar-refractivity contribution in [3.05, 3.63) is 59.3 Å². The van der Waals surface area contributed by atoms with E-state index in [1.54, 1.807) is 13.1 Å². The molecule has 0 aliphatic carbocycles. The van der Waals surface area contributed by atoms with Crippen molar-refractivity contribution < 1.29 is 17.9 Å². The number of alkyl halides is 3. The van der Waals surface area contributed by atoms with Crippen molar-refractivity contribution in [1.82, 2.24) is 15.2 Å². The Hall–Kier alpha value is -2.58. The quantitative estimate of drug-likeness (QED) is 0.202. The van der Waals surface area contributed by atoms with Crippen LogP contribution in [0.3, 0.4) is 0 Å². The van der Waals surface area contributed by atoms with Gasteiger partial charge in [0.2, 0.25) is 5.90 Å². The number of nitrogens with zero attached hydrogens (tertiary/aromatic N) is 2. The summed E-state index contributed by atoms with van der Waals surface area (Å²) in [5.74, 6) is 0.437. The first kappa shape index (κ1) is 26.0. The Labute approximate surface area is 199 Å². The van der Waals surface area contributed by atoms with Crippen molar-refractivity contribution in [2.45, 2.75) is 45.2 Å². The highest BCUT2D eigenvalue weighted by atomic mass is 19.3. The van der Waals surface area contributed by atoms with Crippen LogP contribution in [-0.4, -0.2) is 68.2 Å². The number of ether oxygens (including phenoxy) is 1. The number of para-hydroxylation sites is 1. The second-order valence-electron chi connectivity index (χ2n) is 8.66. The van der Waals surface area contributed by atoms with Crippen LogP contribution in [0.2, 0.25) is 0 Å². The number of halogens is 3. The topological polar surface area (TPSA) is 52.6 Å². The maximum atomic E-state index is 13.6. The van der Waals surface area contributed by atoms with Crippen LogP contribution in [-0.2, 0) is 11.2 Å². The van der Waals surface area contributed by atoms with Crippen molar-refractivity contribution in [1.29, 1.82) is 0 Å². The first-order valence-electron chi connectivity index (χ1n) is 11.7. The van der Waals surface area contributed by atoms with Crippen molar-refractivity contribution in [2.75, 3.05) is 40.0 Å². The number of benzene rings is 1. The number of aromatic nitrogens is 1. The molecule has 2 heterocycles. The van der Waals surface area contributed by atoms with Crippen molar-refractivity contribution in [3.63, 3.8) is 0 Å². The number of H-pyrrole nitrogens is 1.